The highest BCUT2D eigenvalue weighted by Gasteiger charge is 2.48. The number of aliphatic hydroxyl groups is 5. The summed E-state index contributed by atoms with van der Waals surface area (Å²) in [5.74, 6) is -2.00. The fraction of sp³-hybridized carbons (Fsp3) is 0.526. The molecule has 4 atom stereocenters. The lowest BCUT2D eigenvalue weighted by atomic mass is 9.90. The third kappa shape index (κ3) is 9.95. The van der Waals surface area contributed by atoms with Gasteiger partial charge in [0.25, 0.3) is 0 Å². The van der Waals surface area contributed by atoms with Crippen LogP contribution in [0.3, 0.4) is 0 Å². The number of sulfonamides is 1. The van der Waals surface area contributed by atoms with E-state index in [1.165, 1.54) is 6.07 Å². The summed E-state index contributed by atoms with van der Waals surface area (Å²) in [6.07, 6.45) is -13.0. The van der Waals surface area contributed by atoms with Crippen molar-refractivity contribution in [1.29, 1.82) is 0 Å². The summed E-state index contributed by atoms with van der Waals surface area (Å²) in [4.78, 5) is 16.7. The van der Waals surface area contributed by atoms with Crippen molar-refractivity contribution in [3.8, 4) is 16.9 Å². The van der Waals surface area contributed by atoms with Gasteiger partial charge in [0.2, 0.25) is 10.0 Å². The number of ether oxygens (including phenoxy) is 2. The molecule has 2 fully saturated rings. The van der Waals surface area contributed by atoms with Gasteiger partial charge >= 0.3 is 0 Å². The van der Waals surface area contributed by atoms with Crippen molar-refractivity contribution in [2.45, 2.75) is 99.2 Å². The SMILES string of the molecule is [2H]C([2H])(CC(=O)C[C@@H](CO)[C@@H](O)[C@H](O)[C@H](O)CO)C([2H])([2H])C([2H])([2H])C([2H])([2H])N(C)S(=O)(=O)c1ccc(Cl)c(COC2(c3cnccc3-c3ccccc3OC3CC3)CC2)c1. The van der Waals surface area contributed by atoms with E-state index in [0.29, 0.717) is 19.9 Å². The van der Waals surface area contributed by atoms with E-state index in [4.69, 9.17) is 37.1 Å². The summed E-state index contributed by atoms with van der Waals surface area (Å²) in [6.45, 7) is -5.98. The van der Waals surface area contributed by atoms with Crippen LogP contribution in [0.1, 0.15) is 79.7 Å². The van der Waals surface area contributed by atoms with E-state index in [1.807, 2.05) is 30.3 Å². The van der Waals surface area contributed by atoms with Crippen molar-refractivity contribution in [1.82, 2.24) is 9.29 Å². The second-order valence-corrected chi connectivity index (χ2v) is 15.3. The molecule has 14 heteroatoms. The number of para-hydroxylation sites is 1. The Kier molecular flexibility index (Phi) is 10.4. The van der Waals surface area contributed by atoms with Gasteiger partial charge in [0.15, 0.2) is 0 Å². The largest absolute Gasteiger partial charge is 0.490 e. The van der Waals surface area contributed by atoms with Crippen LogP contribution in [0.5, 0.6) is 5.75 Å². The zero-order chi connectivity index (χ0) is 44.6. The van der Waals surface area contributed by atoms with E-state index < -0.39 is 102 Å². The molecule has 2 aromatic carbocycles. The summed E-state index contributed by atoms with van der Waals surface area (Å²) < 4.78 is 108. The third-order valence-corrected chi connectivity index (χ3v) is 11.0. The van der Waals surface area contributed by atoms with Crippen molar-refractivity contribution < 1.29 is 59.2 Å². The van der Waals surface area contributed by atoms with Crippen LogP contribution in [0.25, 0.3) is 11.1 Å². The molecular formula is C38H49ClN2O10S. The normalized spacial score (nSPS) is 21.2. The molecule has 5 N–H and O–H groups in total. The Morgan fingerprint density at radius 3 is 2.48 bits per heavy atom. The molecule has 2 saturated carbocycles. The summed E-state index contributed by atoms with van der Waals surface area (Å²) in [7, 11) is -4.38. The average Bonchev–Trinajstić information content (AvgIpc) is 4.16. The maximum absolute atomic E-state index is 14.0. The van der Waals surface area contributed by atoms with Gasteiger partial charge < -0.3 is 35.0 Å². The maximum atomic E-state index is 14.0. The van der Waals surface area contributed by atoms with E-state index in [0.717, 1.165) is 47.4 Å². The molecule has 0 unspecified atom stereocenters. The molecule has 0 spiro atoms. The number of halogens is 1. The smallest absolute Gasteiger partial charge is 0.242 e. The predicted octanol–water partition coefficient (Wildman–Crippen LogP) is 3.97. The number of carbonyl (C=O) groups excluding carboxylic acids is 1. The number of carbonyl (C=O) groups is 1. The van der Waals surface area contributed by atoms with Crippen LogP contribution in [0.4, 0.5) is 0 Å². The molecular weight excluding hydrogens is 712 g/mol. The fourth-order valence-electron chi connectivity index (χ4n) is 5.58. The monoisotopic (exact) mass is 768 g/mol. The number of benzene rings is 2. The first-order chi connectivity index (χ1) is 27.9. The van der Waals surface area contributed by atoms with Gasteiger partial charge in [-0.15, -0.1) is 0 Å². The third-order valence-electron chi connectivity index (χ3n) is 8.98. The molecule has 0 radical (unpaired) electrons. The van der Waals surface area contributed by atoms with Crippen molar-refractivity contribution >= 4 is 27.4 Å². The summed E-state index contributed by atoms with van der Waals surface area (Å²) >= 11 is 6.50. The van der Waals surface area contributed by atoms with Gasteiger partial charge in [-0.1, -0.05) is 36.2 Å². The van der Waals surface area contributed by atoms with Crippen LogP contribution in [0.2, 0.25) is 5.02 Å². The Bertz CT molecular complexity index is 2130. The lowest BCUT2D eigenvalue weighted by molar-refractivity contribution is -0.127. The van der Waals surface area contributed by atoms with Crippen LogP contribution >= 0.6 is 11.6 Å². The highest BCUT2D eigenvalue weighted by Crippen LogP contribution is 2.53. The molecule has 52 heavy (non-hydrogen) atoms. The Labute approximate surface area is 321 Å². The minimum absolute atomic E-state index is 0.0684. The first-order valence-electron chi connectivity index (χ1n) is 20.8. The first-order valence-corrected chi connectivity index (χ1v) is 18.6. The lowest BCUT2D eigenvalue weighted by Crippen LogP contribution is -2.45. The van der Waals surface area contributed by atoms with Gasteiger partial charge in [-0.3, -0.25) is 9.78 Å². The summed E-state index contributed by atoms with van der Waals surface area (Å²) in [6, 6.07) is 12.9. The number of pyridine rings is 1. The number of Topliss-reactive ketones (excluding diaryl/α,β-unsaturated/α-hetero) is 1. The second-order valence-electron chi connectivity index (χ2n) is 12.9. The molecule has 12 nitrogen and oxygen atoms in total. The minimum atomic E-state index is -5.03. The van der Waals surface area contributed by atoms with Crippen molar-refractivity contribution in [2.24, 2.45) is 5.92 Å². The Hall–Kier alpha value is -2.98. The van der Waals surface area contributed by atoms with Crippen molar-refractivity contribution in [3.05, 3.63) is 77.1 Å². The van der Waals surface area contributed by atoms with Crippen LogP contribution in [0.15, 0.2) is 65.8 Å². The molecule has 3 aromatic rings. The number of aliphatic hydroxyl groups excluding tert-OH is 5. The Morgan fingerprint density at radius 1 is 1.04 bits per heavy atom. The van der Waals surface area contributed by atoms with E-state index in [1.54, 1.807) is 12.4 Å². The van der Waals surface area contributed by atoms with Gasteiger partial charge in [0.1, 0.15) is 23.7 Å². The summed E-state index contributed by atoms with van der Waals surface area (Å²) in [5, 5.41) is 48.7. The molecule has 5 rings (SSSR count). The first kappa shape index (κ1) is 30.4. The van der Waals surface area contributed by atoms with Gasteiger partial charge in [-0.05, 0) is 79.9 Å². The Morgan fingerprint density at radius 2 is 1.79 bits per heavy atom. The summed E-state index contributed by atoms with van der Waals surface area (Å²) in [5.41, 5.74) is 1.85. The minimum Gasteiger partial charge on any atom is -0.490 e. The highest BCUT2D eigenvalue weighted by atomic mass is 35.5. The van der Waals surface area contributed by atoms with E-state index >= 15 is 0 Å². The molecule has 2 aliphatic rings. The molecule has 284 valence electrons. The molecule has 2 aliphatic carbocycles. The number of hydrogen-bond donors (Lipinski definition) is 5. The van der Waals surface area contributed by atoms with Crippen LogP contribution in [-0.2, 0) is 31.8 Å². The number of ketones is 1. The van der Waals surface area contributed by atoms with Gasteiger partial charge in [0.05, 0.1) is 35.9 Å². The number of rotatable bonds is 22. The Balaban J connectivity index is 1.33. The molecule has 0 amide bonds. The van der Waals surface area contributed by atoms with Gasteiger partial charge in [-0.2, -0.15) is 0 Å². The topological polar surface area (TPSA) is 187 Å². The standard InChI is InChI=1S/C38H49ClN2O10S/c1-41(18-6-2-3-7-27(44)19-25(22-42)36(46)37(47)34(45)23-43)52(48,49)29-12-13-33(39)26(20-29)24-50-38(15-16-38)32-21-40-17-14-30(32)31-8-4-5-9-35(31)51-28-10-11-28/h4-5,8-9,12-14,17,20-21,25,28,34,36-37,42-43,45-47H,2-3,6-7,10-11,15-16,18-19,22-24H2,1H3/t25-,34+,36+,37+/m0/s1/i2D2,3D2,6D2,18D2. The molecule has 0 bridgehead atoms. The molecule has 0 saturated heterocycles. The van der Waals surface area contributed by atoms with Crippen LogP contribution in [-0.4, -0.2) is 100 Å². The number of aromatic nitrogens is 1. The van der Waals surface area contributed by atoms with Crippen molar-refractivity contribution in [2.75, 3.05) is 26.8 Å². The van der Waals surface area contributed by atoms with Crippen LogP contribution in [0, 0.1) is 5.92 Å². The number of hydrogen-bond acceptors (Lipinski definition) is 11. The van der Waals surface area contributed by atoms with Gasteiger partial charge in [0, 0.05) is 78.4 Å². The van der Waals surface area contributed by atoms with Gasteiger partial charge in [-0.25, -0.2) is 12.7 Å². The van der Waals surface area contributed by atoms with Crippen molar-refractivity contribution in [3.63, 3.8) is 0 Å². The van der Waals surface area contributed by atoms with E-state index in [-0.39, 0.29) is 27.6 Å². The quantitative estimate of drug-likeness (QED) is 0.0996. The average molecular weight is 769 g/mol. The second kappa shape index (κ2) is 17.9. The zero-order valence-corrected chi connectivity index (χ0v) is 30.1. The highest BCUT2D eigenvalue weighted by molar-refractivity contribution is 7.89. The predicted molar refractivity (Wildman–Crippen MR) is 194 cm³/mol. The van der Waals surface area contributed by atoms with Crippen LogP contribution < -0.4 is 4.74 Å². The van der Waals surface area contributed by atoms with E-state index in [9.17, 15) is 33.6 Å². The zero-order valence-electron chi connectivity index (χ0n) is 36.5. The number of nitrogens with zero attached hydrogens (tertiary/aromatic N) is 2. The lowest BCUT2D eigenvalue weighted by Gasteiger charge is -2.27. The molecule has 1 aromatic heterocycles. The molecule has 1 heterocycles. The van der Waals surface area contributed by atoms with E-state index in [2.05, 4.69) is 4.98 Å². The fourth-order valence-corrected chi connectivity index (χ4v) is 6.76. The maximum Gasteiger partial charge on any atom is 0.242 e. The molecule has 0 aliphatic heterocycles.